The predicted octanol–water partition coefficient (Wildman–Crippen LogP) is 0.155. The maximum absolute atomic E-state index is 10.5. The summed E-state index contributed by atoms with van der Waals surface area (Å²) < 4.78 is 0. The largest absolute Gasteiger partial charge is 0.356 e. The maximum atomic E-state index is 10.5. The molecule has 0 spiro atoms. The molecule has 0 atom stereocenters. The Labute approximate surface area is 71.0 Å². The molecule has 0 fully saturated rings. The van der Waals surface area contributed by atoms with Gasteiger partial charge in [0, 0.05) is 38.5 Å². The molecule has 4 nitrogen and oxygen atoms in total. The maximum Gasteiger partial charge on any atom is 0.216 e. The summed E-state index contributed by atoms with van der Waals surface area (Å²) in [5.41, 5.74) is 0.895. The van der Waals surface area contributed by atoms with E-state index in [0.29, 0.717) is 6.54 Å². The van der Waals surface area contributed by atoms with Crippen molar-refractivity contribution >= 4 is 5.91 Å². The first-order valence-electron chi connectivity index (χ1n) is 3.78. The molecule has 1 heterocycles. The summed E-state index contributed by atoms with van der Waals surface area (Å²) in [7, 11) is 0. The first kappa shape index (κ1) is 8.64. The number of amides is 1. The fourth-order valence-electron chi connectivity index (χ4n) is 0.826. The molecular weight excluding hydrogens is 154 g/mol. The Balaban J connectivity index is 2.29. The summed E-state index contributed by atoms with van der Waals surface area (Å²) in [4.78, 5) is 18.5. The van der Waals surface area contributed by atoms with Gasteiger partial charge in [0.1, 0.15) is 0 Å². The van der Waals surface area contributed by atoms with Crippen molar-refractivity contribution in [1.29, 1.82) is 0 Å². The number of rotatable bonds is 3. The number of carbonyl (C=O) groups excluding carboxylic acids is 1. The molecule has 4 heteroatoms. The van der Waals surface area contributed by atoms with Gasteiger partial charge in [0.15, 0.2) is 0 Å². The third kappa shape index (κ3) is 3.09. The monoisotopic (exact) mass is 165 g/mol. The number of nitrogens with zero attached hydrogens (tertiary/aromatic N) is 2. The zero-order chi connectivity index (χ0) is 8.81. The van der Waals surface area contributed by atoms with E-state index in [0.717, 1.165) is 12.1 Å². The highest BCUT2D eigenvalue weighted by atomic mass is 16.1. The van der Waals surface area contributed by atoms with E-state index in [2.05, 4.69) is 15.3 Å². The summed E-state index contributed by atoms with van der Waals surface area (Å²) in [6.45, 7) is 2.12. The Kier molecular flexibility index (Phi) is 3.19. The summed E-state index contributed by atoms with van der Waals surface area (Å²) in [6.07, 6.45) is 5.69. The minimum atomic E-state index is -0.0149. The summed E-state index contributed by atoms with van der Waals surface area (Å²) in [6, 6.07) is 0. The second-order valence-corrected chi connectivity index (χ2v) is 2.43. The standard InChI is InChI=1S/C8H11N3O/c1-7(12)10-3-2-8-6-9-4-5-11-8/h4-6H,2-3H2,1H3,(H,10,12). The molecule has 0 aliphatic heterocycles. The van der Waals surface area contributed by atoms with Crippen molar-refractivity contribution in [2.45, 2.75) is 13.3 Å². The number of hydrogen-bond acceptors (Lipinski definition) is 3. The van der Waals surface area contributed by atoms with Crippen LogP contribution in [0.4, 0.5) is 0 Å². The van der Waals surface area contributed by atoms with Gasteiger partial charge in [0.25, 0.3) is 0 Å². The molecule has 0 aliphatic rings. The van der Waals surface area contributed by atoms with Gasteiger partial charge in [-0.2, -0.15) is 0 Å². The molecule has 64 valence electrons. The number of aromatic nitrogens is 2. The van der Waals surface area contributed by atoms with Gasteiger partial charge in [-0.1, -0.05) is 0 Å². The minimum absolute atomic E-state index is 0.0149. The predicted molar refractivity (Wildman–Crippen MR) is 44.4 cm³/mol. The van der Waals surface area contributed by atoms with Crippen LogP contribution in [0.5, 0.6) is 0 Å². The normalized spacial score (nSPS) is 9.42. The van der Waals surface area contributed by atoms with Crippen molar-refractivity contribution in [1.82, 2.24) is 15.3 Å². The topological polar surface area (TPSA) is 54.9 Å². The smallest absolute Gasteiger partial charge is 0.216 e. The molecule has 0 radical (unpaired) electrons. The zero-order valence-corrected chi connectivity index (χ0v) is 6.95. The molecule has 1 aromatic heterocycles. The Morgan fingerprint density at radius 3 is 3.00 bits per heavy atom. The van der Waals surface area contributed by atoms with E-state index >= 15 is 0 Å². The Hall–Kier alpha value is -1.45. The van der Waals surface area contributed by atoms with Crippen LogP contribution in [0.2, 0.25) is 0 Å². The van der Waals surface area contributed by atoms with E-state index in [1.54, 1.807) is 18.6 Å². The molecule has 1 aromatic rings. The first-order valence-corrected chi connectivity index (χ1v) is 3.78. The molecule has 0 saturated carbocycles. The lowest BCUT2D eigenvalue weighted by atomic mass is 10.3. The lowest BCUT2D eigenvalue weighted by molar-refractivity contribution is -0.118. The van der Waals surface area contributed by atoms with Crippen LogP contribution < -0.4 is 5.32 Å². The lowest BCUT2D eigenvalue weighted by Crippen LogP contribution is -2.22. The van der Waals surface area contributed by atoms with Crippen LogP contribution in [-0.2, 0) is 11.2 Å². The van der Waals surface area contributed by atoms with E-state index in [-0.39, 0.29) is 5.91 Å². The van der Waals surface area contributed by atoms with Gasteiger partial charge in [-0.25, -0.2) is 0 Å². The fraction of sp³-hybridized carbons (Fsp3) is 0.375. The molecule has 12 heavy (non-hydrogen) atoms. The Bertz CT molecular complexity index is 248. The van der Waals surface area contributed by atoms with Gasteiger partial charge in [0.05, 0.1) is 5.69 Å². The van der Waals surface area contributed by atoms with E-state index in [4.69, 9.17) is 0 Å². The molecule has 1 amide bonds. The van der Waals surface area contributed by atoms with E-state index in [1.807, 2.05) is 0 Å². The van der Waals surface area contributed by atoms with Crippen LogP contribution in [-0.4, -0.2) is 22.4 Å². The number of nitrogens with one attached hydrogen (secondary N) is 1. The van der Waals surface area contributed by atoms with E-state index < -0.39 is 0 Å². The van der Waals surface area contributed by atoms with Crippen molar-refractivity contribution in [3.63, 3.8) is 0 Å². The van der Waals surface area contributed by atoms with Gasteiger partial charge < -0.3 is 5.32 Å². The van der Waals surface area contributed by atoms with Crippen molar-refractivity contribution < 1.29 is 4.79 Å². The van der Waals surface area contributed by atoms with Gasteiger partial charge in [-0.05, 0) is 0 Å². The highest BCUT2D eigenvalue weighted by Gasteiger charge is 1.93. The molecular formula is C8H11N3O. The molecule has 0 aliphatic carbocycles. The van der Waals surface area contributed by atoms with E-state index in [9.17, 15) is 4.79 Å². The summed E-state index contributed by atoms with van der Waals surface area (Å²) >= 11 is 0. The van der Waals surface area contributed by atoms with Gasteiger partial charge >= 0.3 is 0 Å². The Morgan fingerprint density at radius 1 is 1.58 bits per heavy atom. The third-order valence-electron chi connectivity index (χ3n) is 1.37. The SMILES string of the molecule is CC(=O)NCCc1cnccn1. The molecule has 1 N–H and O–H groups in total. The van der Waals surface area contributed by atoms with Crippen molar-refractivity contribution in [3.05, 3.63) is 24.3 Å². The second-order valence-electron chi connectivity index (χ2n) is 2.43. The summed E-state index contributed by atoms with van der Waals surface area (Å²) in [5.74, 6) is -0.0149. The van der Waals surface area contributed by atoms with Gasteiger partial charge in [0.2, 0.25) is 5.91 Å². The minimum Gasteiger partial charge on any atom is -0.356 e. The average Bonchev–Trinajstić information content (AvgIpc) is 2.05. The van der Waals surface area contributed by atoms with Crippen molar-refractivity contribution in [3.8, 4) is 0 Å². The number of carbonyl (C=O) groups is 1. The number of hydrogen-bond donors (Lipinski definition) is 1. The average molecular weight is 165 g/mol. The van der Waals surface area contributed by atoms with Crippen LogP contribution in [0.25, 0.3) is 0 Å². The second kappa shape index (κ2) is 4.43. The third-order valence-corrected chi connectivity index (χ3v) is 1.37. The van der Waals surface area contributed by atoms with Crippen LogP contribution in [0, 0.1) is 0 Å². The lowest BCUT2D eigenvalue weighted by Gasteiger charge is -1.99. The highest BCUT2D eigenvalue weighted by molar-refractivity contribution is 5.72. The van der Waals surface area contributed by atoms with Gasteiger partial charge in [-0.15, -0.1) is 0 Å². The van der Waals surface area contributed by atoms with Crippen molar-refractivity contribution in [2.24, 2.45) is 0 Å². The molecule has 0 unspecified atom stereocenters. The van der Waals surface area contributed by atoms with E-state index in [1.165, 1.54) is 6.92 Å². The highest BCUT2D eigenvalue weighted by Crippen LogP contribution is 1.89. The van der Waals surface area contributed by atoms with Crippen molar-refractivity contribution in [2.75, 3.05) is 6.54 Å². The first-order chi connectivity index (χ1) is 5.79. The zero-order valence-electron chi connectivity index (χ0n) is 6.95. The molecule has 1 rings (SSSR count). The fourth-order valence-corrected chi connectivity index (χ4v) is 0.826. The van der Waals surface area contributed by atoms with Crippen LogP contribution in [0.1, 0.15) is 12.6 Å². The van der Waals surface area contributed by atoms with Crippen LogP contribution in [0.3, 0.4) is 0 Å². The van der Waals surface area contributed by atoms with Crippen LogP contribution >= 0.6 is 0 Å². The quantitative estimate of drug-likeness (QED) is 0.693. The van der Waals surface area contributed by atoms with Gasteiger partial charge in [-0.3, -0.25) is 14.8 Å². The molecule has 0 saturated heterocycles. The van der Waals surface area contributed by atoms with Crippen LogP contribution in [0.15, 0.2) is 18.6 Å². The molecule has 0 aromatic carbocycles. The molecule has 0 bridgehead atoms. The Morgan fingerprint density at radius 2 is 2.42 bits per heavy atom. The summed E-state index contributed by atoms with van der Waals surface area (Å²) in [5, 5.41) is 2.69.